The van der Waals surface area contributed by atoms with Gasteiger partial charge in [0.2, 0.25) is 0 Å². The summed E-state index contributed by atoms with van der Waals surface area (Å²) in [6.07, 6.45) is 0.627. The molecule has 1 atom stereocenters. The largest absolute Gasteiger partial charge is 0.483 e. The number of rotatable bonds is 18. The molecule has 1 unspecified atom stereocenters. The van der Waals surface area contributed by atoms with Crippen molar-refractivity contribution in [2.45, 2.75) is 45.2 Å². The Hall–Kier alpha value is -4.38. The Balaban J connectivity index is 1.67. The second-order valence-electron chi connectivity index (χ2n) is 11.3. The van der Waals surface area contributed by atoms with Crippen molar-refractivity contribution in [1.82, 2.24) is 10.2 Å². The molecule has 0 aliphatic rings. The van der Waals surface area contributed by atoms with Crippen molar-refractivity contribution in [2.24, 2.45) is 5.92 Å². The van der Waals surface area contributed by atoms with E-state index in [9.17, 15) is 27.2 Å². The van der Waals surface area contributed by atoms with Gasteiger partial charge < -0.3 is 24.4 Å². The molecule has 0 aliphatic heterocycles. The van der Waals surface area contributed by atoms with Crippen LogP contribution in [0.3, 0.4) is 0 Å². The number of methoxy groups -OCH3 is 1. The molecular formula is C36H42F4N2O5. The molecule has 1 amide bonds. The molecule has 1 N–H and O–H groups in total. The molecule has 0 saturated carbocycles. The van der Waals surface area contributed by atoms with Gasteiger partial charge in [-0.1, -0.05) is 26.0 Å². The normalized spacial score (nSPS) is 12.4. The Morgan fingerprint density at radius 3 is 2.28 bits per heavy atom. The van der Waals surface area contributed by atoms with Gasteiger partial charge >= 0.3 is 6.18 Å². The van der Waals surface area contributed by atoms with Gasteiger partial charge in [0.1, 0.15) is 23.1 Å². The molecule has 0 heterocycles. The topological polar surface area (TPSA) is 77.1 Å². The number of alkyl halides is 3. The first-order valence-electron chi connectivity index (χ1n) is 15.5. The van der Waals surface area contributed by atoms with Crippen LogP contribution in [-0.2, 0) is 4.74 Å². The molecule has 3 rings (SSSR count). The number of carbonyl (C=O) groups is 2. The van der Waals surface area contributed by atoms with Crippen molar-refractivity contribution in [2.75, 3.05) is 40.5 Å². The van der Waals surface area contributed by atoms with Crippen LogP contribution in [0.2, 0.25) is 0 Å². The SMILES string of the molecule is C=c1ccc(C(=O)NCCOC)c(OCC(F)(F)F)/c1=C/N(C)CC(CCC)CCCC(=O)c1ccc(Oc2ccc(F)cc2)cc1. The average Bonchev–Trinajstić information content (AvgIpc) is 3.02. The van der Waals surface area contributed by atoms with Crippen LogP contribution in [0.5, 0.6) is 17.2 Å². The van der Waals surface area contributed by atoms with Crippen molar-refractivity contribution >= 4 is 24.5 Å². The first kappa shape index (κ1) is 37.1. The van der Waals surface area contributed by atoms with E-state index in [1.165, 1.54) is 37.4 Å². The van der Waals surface area contributed by atoms with Crippen molar-refractivity contribution < 1.29 is 41.4 Å². The number of hydrogen-bond donors (Lipinski definition) is 1. The quantitative estimate of drug-likeness (QED) is 0.0958. The number of amides is 1. The summed E-state index contributed by atoms with van der Waals surface area (Å²) in [6.45, 7) is 5.46. The molecule has 0 fully saturated rings. The standard InChI is InChI=1S/C36H42F4N2O5/c1-5-7-26(8-6-9-33(43)27-11-15-29(16-12-27)47-30-17-13-28(37)14-18-30)22-42(3)23-32-25(2)10-19-31(35(44)41-20-21-45-4)34(32)46-24-36(38,39)40/h10-19,23,26H,2,5-9,20-22,24H2,1,3-4H3,(H,41,44)/b32-23+. The van der Waals surface area contributed by atoms with Crippen LogP contribution < -0.4 is 25.2 Å². The summed E-state index contributed by atoms with van der Waals surface area (Å²) in [6, 6.07) is 15.4. The first-order chi connectivity index (χ1) is 22.4. The van der Waals surface area contributed by atoms with Gasteiger partial charge in [-0.15, -0.1) is 0 Å². The van der Waals surface area contributed by atoms with Crippen LogP contribution in [0.15, 0.2) is 60.7 Å². The fourth-order valence-corrected chi connectivity index (χ4v) is 5.09. The number of carbonyl (C=O) groups excluding carboxylic acids is 2. The number of ether oxygens (including phenoxy) is 3. The molecule has 47 heavy (non-hydrogen) atoms. The van der Waals surface area contributed by atoms with Crippen LogP contribution in [0.4, 0.5) is 17.6 Å². The smallest absolute Gasteiger partial charge is 0.422 e. The van der Waals surface area contributed by atoms with E-state index in [0.717, 1.165) is 19.3 Å². The van der Waals surface area contributed by atoms with E-state index in [2.05, 4.69) is 18.8 Å². The second-order valence-corrected chi connectivity index (χ2v) is 11.3. The third-order valence-corrected chi connectivity index (χ3v) is 7.34. The van der Waals surface area contributed by atoms with Crippen LogP contribution in [0.25, 0.3) is 12.8 Å². The summed E-state index contributed by atoms with van der Waals surface area (Å²) in [7, 11) is 3.28. The van der Waals surface area contributed by atoms with Crippen LogP contribution in [0.1, 0.15) is 59.7 Å². The lowest BCUT2D eigenvalue weighted by Crippen LogP contribution is -2.36. The molecule has 3 aromatic carbocycles. The van der Waals surface area contributed by atoms with E-state index in [1.807, 2.05) is 11.9 Å². The zero-order valence-electron chi connectivity index (χ0n) is 27.0. The summed E-state index contributed by atoms with van der Waals surface area (Å²) in [4.78, 5) is 27.6. The number of hydrogen-bond acceptors (Lipinski definition) is 6. The van der Waals surface area contributed by atoms with Crippen LogP contribution >= 0.6 is 0 Å². The Kier molecular flexibility index (Phi) is 14.3. The summed E-state index contributed by atoms with van der Waals surface area (Å²) in [5, 5.41) is 3.32. The minimum absolute atomic E-state index is 0.00208. The predicted octanol–water partition coefficient (Wildman–Crippen LogP) is 6.48. The van der Waals surface area contributed by atoms with Gasteiger partial charge in [0.15, 0.2) is 12.4 Å². The maximum Gasteiger partial charge on any atom is 0.422 e. The maximum atomic E-state index is 13.1. The molecule has 254 valence electrons. The monoisotopic (exact) mass is 658 g/mol. The highest BCUT2D eigenvalue weighted by atomic mass is 19.4. The highest BCUT2D eigenvalue weighted by Crippen LogP contribution is 2.24. The molecule has 0 bridgehead atoms. The maximum absolute atomic E-state index is 13.1. The van der Waals surface area contributed by atoms with Gasteiger partial charge in [0, 0.05) is 50.6 Å². The van der Waals surface area contributed by atoms with E-state index in [4.69, 9.17) is 14.2 Å². The lowest BCUT2D eigenvalue weighted by Gasteiger charge is -2.23. The van der Waals surface area contributed by atoms with E-state index in [1.54, 1.807) is 36.5 Å². The number of halogens is 4. The summed E-state index contributed by atoms with van der Waals surface area (Å²) in [5.74, 6) is 0.0949. The van der Waals surface area contributed by atoms with Gasteiger partial charge in [-0.05, 0) is 85.0 Å². The van der Waals surface area contributed by atoms with Gasteiger partial charge in [0.05, 0.1) is 12.2 Å². The lowest BCUT2D eigenvalue weighted by atomic mass is 9.94. The van der Waals surface area contributed by atoms with E-state index in [0.29, 0.717) is 41.7 Å². The molecule has 7 nitrogen and oxygen atoms in total. The minimum atomic E-state index is -4.60. The average molecular weight is 659 g/mol. The first-order valence-corrected chi connectivity index (χ1v) is 15.5. The molecular weight excluding hydrogens is 616 g/mol. The molecule has 3 aromatic rings. The molecule has 0 aromatic heterocycles. The number of nitrogens with zero attached hydrogens (tertiary/aromatic N) is 1. The second kappa shape index (κ2) is 18.1. The van der Waals surface area contributed by atoms with E-state index < -0.39 is 18.7 Å². The molecule has 0 saturated heterocycles. The molecule has 0 aliphatic carbocycles. The van der Waals surface area contributed by atoms with Crippen molar-refractivity contribution in [3.8, 4) is 17.2 Å². The van der Waals surface area contributed by atoms with Crippen LogP contribution in [0, 0.1) is 11.7 Å². The number of ketones is 1. The van der Waals surface area contributed by atoms with Gasteiger partial charge in [-0.25, -0.2) is 4.39 Å². The number of benzene rings is 3. The van der Waals surface area contributed by atoms with Crippen molar-refractivity contribution in [3.63, 3.8) is 0 Å². The van der Waals surface area contributed by atoms with Gasteiger partial charge in [0.25, 0.3) is 5.91 Å². The van der Waals surface area contributed by atoms with Crippen molar-refractivity contribution in [3.05, 3.63) is 88.0 Å². The molecule has 0 radical (unpaired) electrons. The third kappa shape index (κ3) is 12.4. The Morgan fingerprint density at radius 1 is 1.00 bits per heavy atom. The van der Waals surface area contributed by atoms with Gasteiger partial charge in [-0.3, -0.25) is 9.59 Å². The summed E-state index contributed by atoms with van der Waals surface area (Å²) < 4.78 is 68.4. The molecule has 0 spiro atoms. The zero-order valence-corrected chi connectivity index (χ0v) is 27.0. The summed E-state index contributed by atoms with van der Waals surface area (Å²) >= 11 is 0. The highest BCUT2D eigenvalue weighted by molar-refractivity contribution is 5.97. The van der Waals surface area contributed by atoms with E-state index in [-0.39, 0.29) is 47.2 Å². The van der Waals surface area contributed by atoms with Crippen LogP contribution in [-0.4, -0.2) is 63.2 Å². The number of Topliss-reactive ketones (excluding diaryl/α,β-unsaturated/α-hetero) is 1. The zero-order chi connectivity index (χ0) is 34.4. The predicted molar refractivity (Wildman–Crippen MR) is 174 cm³/mol. The Bertz CT molecular complexity index is 1560. The Morgan fingerprint density at radius 2 is 1.66 bits per heavy atom. The highest BCUT2D eigenvalue weighted by Gasteiger charge is 2.30. The summed E-state index contributed by atoms with van der Waals surface area (Å²) in [5.41, 5.74) is 0.533. The Labute approximate surface area is 272 Å². The fourth-order valence-electron chi connectivity index (χ4n) is 5.09. The molecule has 11 heteroatoms. The third-order valence-electron chi connectivity index (χ3n) is 7.34. The van der Waals surface area contributed by atoms with Gasteiger partial charge in [-0.2, -0.15) is 13.2 Å². The van der Waals surface area contributed by atoms with E-state index >= 15 is 0 Å². The van der Waals surface area contributed by atoms with Crippen molar-refractivity contribution in [1.29, 1.82) is 0 Å². The minimum Gasteiger partial charge on any atom is -0.483 e. The lowest BCUT2D eigenvalue weighted by molar-refractivity contribution is -0.153. The number of nitrogens with one attached hydrogen (secondary N) is 1. The fraction of sp³-hybridized carbons (Fsp3) is 0.389.